The van der Waals surface area contributed by atoms with E-state index in [9.17, 15) is 0 Å². The molecule has 0 fully saturated rings. The predicted octanol–water partition coefficient (Wildman–Crippen LogP) is 11.3. The van der Waals surface area contributed by atoms with Crippen LogP contribution in [0.3, 0.4) is 0 Å². The summed E-state index contributed by atoms with van der Waals surface area (Å²) >= 11 is 0. The molecule has 0 unspecified atom stereocenters. The highest BCUT2D eigenvalue weighted by Crippen LogP contribution is 2.41. The largest absolute Gasteiger partial charge is 0.456 e. The lowest BCUT2D eigenvalue weighted by atomic mass is 10.0. The molecule has 0 atom stereocenters. The first-order chi connectivity index (χ1) is 27.3. The van der Waals surface area contributed by atoms with E-state index >= 15 is 0 Å². The molecule has 0 saturated carbocycles. The van der Waals surface area contributed by atoms with E-state index in [1.807, 2.05) is 6.07 Å². The minimum absolute atomic E-state index is 0.864. The molecule has 0 radical (unpaired) electrons. The Bertz CT molecular complexity index is 2800. The molecular formula is C52H37NOSi. The van der Waals surface area contributed by atoms with E-state index in [2.05, 4.69) is 223 Å². The third-order valence-corrected chi connectivity index (χ3v) is 15.8. The van der Waals surface area contributed by atoms with Crippen LogP contribution in [0.15, 0.2) is 229 Å². The SMILES string of the molecule is c1ccc(-c2ccc3c(c2)oc2cc(N(c4ccc([Si](c5ccccc5)(c5ccccc5)c5ccccc5)cc4)c4cccc5ccccc45)ccc23)cc1. The van der Waals surface area contributed by atoms with Crippen LogP contribution in [0.2, 0.25) is 0 Å². The average molecular weight is 720 g/mol. The third kappa shape index (κ3) is 5.65. The molecule has 1 heterocycles. The number of nitrogens with zero attached hydrogens (tertiary/aromatic N) is 1. The van der Waals surface area contributed by atoms with Crippen LogP contribution >= 0.6 is 0 Å². The zero-order chi connectivity index (χ0) is 36.6. The Kier molecular flexibility index (Phi) is 8.20. The van der Waals surface area contributed by atoms with Crippen molar-refractivity contribution < 1.29 is 4.42 Å². The fourth-order valence-electron chi connectivity index (χ4n) is 8.47. The summed E-state index contributed by atoms with van der Waals surface area (Å²) in [4.78, 5) is 2.38. The van der Waals surface area contributed by atoms with Crippen LogP contribution in [0, 0.1) is 0 Å². The number of anilines is 3. The van der Waals surface area contributed by atoms with Crippen molar-refractivity contribution in [2.45, 2.75) is 0 Å². The lowest BCUT2D eigenvalue weighted by Crippen LogP contribution is -2.74. The Morgan fingerprint density at radius 2 is 0.818 bits per heavy atom. The van der Waals surface area contributed by atoms with Gasteiger partial charge < -0.3 is 9.32 Å². The van der Waals surface area contributed by atoms with Gasteiger partial charge in [-0.1, -0.05) is 176 Å². The summed E-state index contributed by atoms with van der Waals surface area (Å²) in [5.74, 6) is 0. The Morgan fingerprint density at radius 3 is 1.45 bits per heavy atom. The van der Waals surface area contributed by atoms with Crippen molar-refractivity contribution in [1.82, 2.24) is 0 Å². The molecule has 10 rings (SSSR count). The quantitative estimate of drug-likeness (QED) is 0.115. The lowest BCUT2D eigenvalue weighted by Gasteiger charge is -2.35. The van der Waals surface area contributed by atoms with Crippen molar-refractivity contribution in [2.24, 2.45) is 0 Å². The molecule has 0 amide bonds. The maximum atomic E-state index is 6.65. The molecule has 0 aliphatic carbocycles. The summed E-state index contributed by atoms with van der Waals surface area (Å²) in [5, 5.41) is 10.0. The van der Waals surface area contributed by atoms with Gasteiger partial charge in [-0.3, -0.25) is 0 Å². The number of hydrogen-bond donors (Lipinski definition) is 0. The van der Waals surface area contributed by atoms with Crippen molar-refractivity contribution in [3.05, 3.63) is 224 Å². The van der Waals surface area contributed by atoms with Crippen LogP contribution < -0.4 is 25.6 Å². The number of rotatable bonds is 8. The van der Waals surface area contributed by atoms with Gasteiger partial charge >= 0.3 is 0 Å². The second-order valence-corrected chi connectivity index (χ2v) is 17.9. The first-order valence-corrected chi connectivity index (χ1v) is 20.8. The molecule has 0 saturated heterocycles. The zero-order valence-corrected chi connectivity index (χ0v) is 31.2. The molecule has 260 valence electrons. The molecule has 10 aromatic rings. The fourth-order valence-corrected chi connectivity index (χ4v) is 13.2. The monoisotopic (exact) mass is 719 g/mol. The standard InChI is InChI=1S/C52H37NOSi/c1-5-16-38(17-6-1)40-28-34-48-49-35-31-42(37-52(49)54-51(48)36-40)53(50-27-15-19-39-18-13-14-26-47(39)50)41-29-32-46(33-30-41)55(43-20-7-2-8-21-43,44-22-9-3-10-23-44)45-24-11-4-12-25-45/h1-37H. The van der Waals surface area contributed by atoms with E-state index in [1.54, 1.807) is 0 Å². The van der Waals surface area contributed by atoms with E-state index in [0.29, 0.717) is 0 Å². The second kappa shape index (κ2) is 13.8. The number of hydrogen-bond acceptors (Lipinski definition) is 2. The van der Waals surface area contributed by atoms with Gasteiger partial charge in [-0.25, -0.2) is 0 Å². The molecule has 3 heteroatoms. The fraction of sp³-hybridized carbons (Fsp3) is 0. The molecule has 0 bridgehead atoms. The van der Waals surface area contributed by atoms with Crippen LogP contribution in [0.4, 0.5) is 17.1 Å². The van der Waals surface area contributed by atoms with Gasteiger partial charge in [0.15, 0.2) is 8.07 Å². The average Bonchev–Trinajstić information content (AvgIpc) is 3.63. The van der Waals surface area contributed by atoms with Crippen molar-refractivity contribution in [3.63, 3.8) is 0 Å². The summed E-state index contributed by atoms with van der Waals surface area (Å²) in [5.41, 5.74) is 7.31. The van der Waals surface area contributed by atoms with Crippen LogP contribution in [-0.4, -0.2) is 8.07 Å². The van der Waals surface area contributed by atoms with Gasteiger partial charge in [0.1, 0.15) is 11.2 Å². The minimum Gasteiger partial charge on any atom is -0.456 e. The summed E-state index contributed by atoms with van der Waals surface area (Å²) in [6.45, 7) is 0. The van der Waals surface area contributed by atoms with Gasteiger partial charge in [0.25, 0.3) is 0 Å². The lowest BCUT2D eigenvalue weighted by molar-refractivity contribution is 0.669. The highest BCUT2D eigenvalue weighted by Gasteiger charge is 2.41. The summed E-state index contributed by atoms with van der Waals surface area (Å²) < 4.78 is 6.65. The highest BCUT2D eigenvalue weighted by atomic mass is 28.3. The normalized spacial score (nSPS) is 11.6. The molecule has 0 aliphatic heterocycles. The first kappa shape index (κ1) is 32.7. The zero-order valence-electron chi connectivity index (χ0n) is 30.2. The maximum Gasteiger partial charge on any atom is 0.179 e. The van der Waals surface area contributed by atoms with Crippen LogP contribution in [-0.2, 0) is 0 Å². The molecule has 1 aromatic heterocycles. The Morgan fingerprint density at radius 1 is 0.327 bits per heavy atom. The van der Waals surface area contributed by atoms with Gasteiger partial charge in [0, 0.05) is 33.6 Å². The van der Waals surface area contributed by atoms with E-state index in [-0.39, 0.29) is 0 Å². The number of benzene rings is 9. The van der Waals surface area contributed by atoms with E-state index in [0.717, 1.165) is 44.6 Å². The molecule has 2 nitrogen and oxygen atoms in total. The highest BCUT2D eigenvalue weighted by molar-refractivity contribution is 7.19. The first-order valence-electron chi connectivity index (χ1n) is 18.8. The maximum absolute atomic E-state index is 6.65. The van der Waals surface area contributed by atoms with Gasteiger partial charge in [-0.15, -0.1) is 0 Å². The number of fused-ring (bicyclic) bond motifs is 4. The van der Waals surface area contributed by atoms with Crippen molar-refractivity contribution in [1.29, 1.82) is 0 Å². The third-order valence-electron chi connectivity index (χ3n) is 11.0. The van der Waals surface area contributed by atoms with Gasteiger partial charge in [0.2, 0.25) is 0 Å². The van der Waals surface area contributed by atoms with Gasteiger partial charge in [0.05, 0.1) is 5.69 Å². The molecule has 0 spiro atoms. The van der Waals surface area contributed by atoms with E-state index < -0.39 is 8.07 Å². The van der Waals surface area contributed by atoms with Crippen LogP contribution in [0.25, 0.3) is 43.8 Å². The van der Waals surface area contributed by atoms with Crippen molar-refractivity contribution in [2.75, 3.05) is 4.90 Å². The Hall–Kier alpha value is -6.94. The molecule has 55 heavy (non-hydrogen) atoms. The summed E-state index contributed by atoms with van der Waals surface area (Å²) in [6, 6.07) is 81.5. The second-order valence-electron chi connectivity index (χ2n) is 14.1. The van der Waals surface area contributed by atoms with Gasteiger partial charge in [-0.2, -0.15) is 0 Å². The van der Waals surface area contributed by atoms with Crippen molar-refractivity contribution in [3.8, 4) is 11.1 Å². The Balaban J connectivity index is 1.16. The smallest absolute Gasteiger partial charge is 0.179 e. The molecule has 0 N–H and O–H groups in total. The molecule has 9 aromatic carbocycles. The number of furan rings is 1. The van der Waals surface area contributed by atoms with Crippen LogP contribution in [0.5, 0.6) is 0 Å². The van der Waals surface area contributed by atoms with Crippen LogP contribution in [0.1, 0.15) is 0 Å². The van der Waals surface area contributed by atoms with E-state index in [4.69, 9.17) is 4.42 Å². The van der Waals surface area contributed by atoms with Crippen molar-refractivity contribution >= 4 is 78.6 Å². The predicted molar refractivity (Wildman–Crippen MR) is 235 cm³/mol. The summed E-state index contributed by atoms with van der Waals surface area (Å²) in [6.07, 6.45) is 0. The Labute approximate surface area is 322 Å². The van der Waals surface area contributed by atoms with Gasteiger partial charge in [-0.05, 0) is 79.7 Å². The molecular weight excluding hydrogens is 683 g/mol. The minimum atomic E-state index is -2.68. The van der Waals surface area contributed by atoms with E-state index in [1.165, 1.54) is 37.1 Å². The molecule has 0 aliphatic rings. The topological polar surface area (TPSA) is 16.4 Å². The summed E-state index contributed by atoms with van der Waals surface area (Å²) in [7, 11) is -2.68.